The zero-order valence-corrected chi connectivity index (χ0v) is 12.5. The van der Waals surface area contributed by atoms with Crippen LogP contribution in [0, 0.1) is 0 Å². The molecule has 0 atom stereocenters. The van der Waals surface area contributed by atoms with Crippen molar-refractivity contribution in [2.45, 2.75) is 13.5 Å². The molecule has 114 valence electrons. The predicted octanol–water partition coefficient (Wildman–Crippen LogP) is 3.65. The van der Waals surface area contributed by atoms with Crippen LogP contribution in [-0.2, 0) is 11.3 Å². The van der Waals surface area contributed by atoms with Crippen LogP contribution in [0.4, 0.5) is 10.5 Å². The van der Waals surface area contributed by atoms with Gasteiger partial charge in [-0.3, -0.25) is 10.1 Å². The van der Waals surface area contributed by atoms with E-state index in [9.17, 15) is 9.59 Å². The molecular formula is C17H17NO4. The third-order valence-corrected chi connectivity index (χ3v) is 3.04. The van der Waals surface area contributed by atoms with Crippen molar-refractivity contribution in [3.05, 3.63) is 59.7 Å². The number of hydrogen-bond donors (Lipinski definition) is 1. The summed E-state index contributed by atoms with van der Waals surface area (Å²) in [5.41, 5.74) is 1.91. The average Bonchev–Trinajstić information content (AvgIpc) is 2.53. The molecule has 0 saturated carbocycles. The molecule has 1 N–H and O–H groups in total. The van der Waals surface area contributed by atoms with E-state index < -0.39 is 6.09 Å². The Morgan fingerprint density at radius 3 is 2.45 bits per heavy atom. The Labute approximate surface area is 128 Å². The number of anilines is 1. The van der Waals surface area contributed by atoms with Crippen LogP contribution in [0.5, 0.6) is 5.75 Å². The highest BCUT2D eigenvalue weighted by molar-refractivity contribution is 5.96. The first-order valence-electron chi connectivity index (χ1n) is 6.76. The lowest BCUT2D eigenvalue weighted by Gasteiger charge is -2.08. The molecule has 2 aromatic carbocycles. The highest BCUT2D eigenvalue weighted by Gasteiger charge is 2.06. The Morgan fingerprint density at radius 1 is 1.09 bits per heavy atom. The summed E-state index contributed by atoms with van der Waals surface area (Å²) < 4.78 is 10.2. The number of hydrogen-bond acceptors (Lipinski definition) is 4. The van der Waals surface area contributed by atoms with Crippen molar-refractivity contribution in [1.29, 1.82) is 0 Å². The number of ether oxygens (including phenoxy) is 2. The summed E-state index contributed by atoms with van der Waals surface area (Å²) in [6.07, 6.45) is -0.573. The monoisotopic (exact) mass is 299 g/mol. The fourth-order valence-electron chi connectivity index (χ4n) is 1.84. The Kier molecular flexibility index (Phi) is 5.14. The maximum Gasteiger partial charge on any atom is 0.411 e. The van der Waals surface area contributed by atoms with E-state index in [0.717, 1.165) is 11.3 Å². The van der Waals surface area contributed by atoms with Crippen molar-refractivity contribution >= 4 is 17.6 Å². The van der Waals surface area contributed by atoms with Gasteiger partial charge < -0.3 is 9.47 Å². The van der Waals surface area contributed by atoms with Crippen molar-refractivity contribution < 1.29 is 19.1 Å². The first kappa shape index (κ1) is 15.6. The summed E-state index contributed by atoms with van der Waals surface area (Å²) >= 11 is 0. The zero-order valence-electron chi connectivity index (χ0n) is 12.5. The number of ketones is 1. The number of rotatable bonds is 5. The predicted molar refractivity (Wildman–Crippen MR) is 83.2 cm³/mol. The van der Waals surface area contributed by atoms with Crippen LogP contribution >= 0.6 is 0 Å². The quantitative estimate of drug-likeness (QED) is 0.856. The highest BCUT2D eigenvalue weighted by Crippen LogP contribution is 2.14. The molecule has 0 spiro atoms. The Bertz CT molecular complexity index is 665. The second-order valence-corrected chi connectivity index (χ2v) is 4.69. The van der Waals surface area contributed by atoms with Gasteiger partial charge in [-0.15, -0.1) is 0 Å². The molecule has 5 heteroatoms. The average molecular weight is 299 g/mol. The first-order valence-corrected chi connectivity index (χ1v) is 6.76. The molecule has 0 radical (unpaired) electrons. The molecular weight excluding hydrogens is 282 g/mol. The second-order valence-electron chi connectivity index (χ2n) is 4.69. The van der Waals surface area contributed by atoms with Gasteiger partial charge in [-0.2, -0.15) is 0 Å². The molecule has 0 saturated heterocycles. The molecule has 2 rings (SSSR count). The summed E-state index contributed by atoms with van der Waals surface area (Å²) in [6.45, 7) is 1.63. The van der Waals surface area contributed by atoms with E-state index in [-0.39, 0.29) is 12.4 Å². The second kappa shape index (κ2) is 7.26. The van der Waals surface area contributed by atoms with Crippen molar-refractivity contribution in [2.24, 2.45) is 0 Å². The molecule has 5 nitrogen and oxygen atoms in total. The molecule has 0 heterocycles. The SMILES string of the molecule is COc1ccc(COC(=O)Nc2cccc(C(C)=O)c2)cc1. The summed E-state index contributed by atoms with van der Waals surface area (Å²) in [6, 6.07) is 13.9. The van der Waals surface area contributed by atoms with Crippen LogP contribution in [0.3, 0.4) is 0 Å². The number of nitrogens with one attached hydrogen (secondary N) is 1. The van der Waals surface area contributed by atoms with Crippen LogP contribution in [0.25, 0.3) is 0 Å². The van der Waals surface area contributed by atoms with Crippen LogP contribution in [0.15, 0.2) is 48.5 Å². The minimum absolute atomic E-state index is 0.0600. The minimum Gasteiger partial charge on any atom is -0.497 e. The number of Topliss-reactive ketones (excluding diaryl/α,β-unsaturated/α-hetero) is 1. The normalized spacial score (nSPS) is 9.91. The lowest BCUT2D eigenvalue weighted by molar-refractivity contribution is 0.101. The number of carbonyl (C=O) groups excluding carboxylic acids is 2. The molecule has 0 aliphatic carbocycles. The lowest BCUT2D eigenvalue weighted by Crippen LogP contribution is -2.13. The van der Waals surface area contributed by atoms with Crippen molar-refractivity contribution in [1.82, 2.24) is 0 Å². The smallest absolute Gasteiger partial charge is 0.411 e. The van der Waals surface area contributed by atoms with Gasteiger partial charge in [-0.05, 0) is 36.8 Å². The maximum absolute atomic E-state index is 11.7. The standard InChI is InChI=1S/C17H17NO4/c1-12(19)14-4-3-5-15(10-14)18-17(20)22-11-13-6-8-16(21-2)9-7-13/h3-10H,11H2,1-2H3,(H,18,20). The highest BCUT2D eigenvalue weighted by atomic mass is 16.5. The third kappa shape index (κ3) is 4.34. The lowest BCUT2D eigenvalue weighted by atomic mass is 10.1. The first-order chi connectivity index (χ1) is 10.6. The van der Waals surface area contributed by atoms with E-state index in [1.54, 1.807) is 43.5 Å². The van der Waals surface area contributed by atoms with E-state index >= 15 is 0 Å². The molecule has 0 fully saturated rings. The van der Waals surface area contributed by atoms with Gasteiger partial charge in [0.1, 0.15) is 12.4 Å². The van der Waals surface area contributed by atoms with Crippen molar-refractivity contribution in [2.75, 3.05) is 12.4 Å². The molecule has 0 aliphatic heterocycles. The minimum atomic E-state index is -0.573. The molecule has 0 aromatic heterocycles. The van der Waals surface area contributed by atoms with E-state index in [1.165, 1.54) is 6.92 Å². The third-order valence-electron chi connectivity index (χ3n) is 3.04. The Morgan fingerprint density at radius 2 is 1.82 bits per heavy atom. The van der Waals surface area contributed by atoms with Gasteiger partial charge in [0.15, 0.2) is 5.78 Å². The van der Waals surface area contributed by atoms with Crippen molar-refractivity contribution in [3.63, 3.8) is 0 Å². The van der Waals surface area contributed by atoms with Gasteiger partial charge in [0.05, 0.1) is 7.11 Å². The van der Waals surface area contributed by atoms with Crippen LogP contribution in [0.1, 0.15) is 22.8 Å². The number of methoxy groups -OCH3 is 1. The van der Waals surface area contributed by atoms with Gasteiger partial charge in [0.25, 0.3) is 0 Å². The van der Waals surface area contributed by atoms with E-state index in [4.69, 9.17) is 9.47 Å². The molecule has 0 aliphatic rings. The largest absolute Gasteiger partial charge is 0.497 e. The molecule has 0 unspecified atom stereocenters. The summed E-state index contributed by atoms with van der Waals surface area (Å²) in [4.78, 5) is 23.0. The maximum atomic E-state index is 11.7. The van der Waals surface area contributed by atoms with Crippen LogP contribution in [-0.4, -0.2) is 19.0 Å². The fourth-order valence-corrected chi connectivity index (χ4v) is 1.84. The molecule has 1 amide bonds. The number of carbonyl (C=O) groups is 2. The Balaban J connectivity index is 1.89. The van der Waals surface area contributed by atoms with E-state index in [0.29, 0.717) is 11.3 Å². The van der Waals surface area contributed by atoms with Crippen LogP contribution < -0.4 is 10.1 Å². The number of amides is 1. The Hall–Kier alpha value is -2.82. The van der Waals surface area contributed by atoms with E-state index in [1.807, 2.05) is 12.1 Å². The zero-order chi connectivity index (χ0) is 15.9. The molecule has 2 aromatic rings. The topological polar surface area (TPSA) is 64.6 Å². The summed E-state index contributed by atoms with van der Waals surface area (Å²) in [7, 11) is 1.59. The molecule has 0 bridgehead atoms. The van der Waals surface area contributed by atoms with Gasteiger partial charge in [-0.1, -0.05) is 24.3 Å². The summed E-state index contributed by atoms with van der Waals surface area (Å²) in [5, 5.41) is 2.59. The van der Waals surface area contributed by atoms with Gasteiger partial charge in [0, 0.05) is 11.3 Å². The summed E-state index contributed by atoms with van der Waals surface area (Å²) in [5.74, 6) is 0.685. The van der Waals surface area contributed by atoms with E-state index in [2.05, 4.69) is 5.32 Å². The van der Waals surface area contributed by atoms with Gasteiger partial charge in [0.2, 0.25) is 0 Å². The fraction of sp³-hybridized carbons (Fsp3) is 0.176. The van der Waals surface area contributed by atoms with Crippen LogP contribution in [0.2, 0.25) is 0 Å². The number of benzene rings is 2. The van der Waals surface area contributed by atoms with Gasteiger partial charge in [-0.25, -0.2) is 4.79 Å². The molecule has 22 heavy (non-hydrogen) atoms. The van der Waals surface area contributed by atoms with Crippen molar-refractivity contribution in [3.8, 4) is 5.75 Å². The van der Waals surface area contributed by atoms with Gasteiger partial charge >= 0.3 is 6.09 Å².